The van der Waals surface area contributed by atoms with Gasteiger partial charge >= 0.3 is 0 Å². The minimum Gasteiger partial charge on any atom is -0.353 e. The van der Waals surface area contributed by atoms with Crippen LogP contribution in [0, 0.1) is 13.8 Å². The molecule has 1 fully saturated rings. The predicted molar refractivity (Wildman–Crippen MR) is 98.6 cm³/mol. The molecule has 0 aliphatic carbocycles. The molecule has 1 aromatic carbocycles. The van der Waals surface area contributed by atoms with Crippen LogP contribution in [0.4, 0.5) is 5.82 Å². The average molecular weight is 339 g/mol. The third-order valence-electron chi connectivity index (χ3n) is 4.44. The molecule has 0 unspecified atom stereocenters. The number of hydrogen-bond acceptors (Lipinski definition) is 6. The molecule has 124 valence electrons. The second-order valence-corrected chi connectivity index (χ2v) is 7.30. The highest BCUT2D eigenvalue weighted by Gasteiger charge is 2.21. The van der Waals surface area contributed by atoms with E-state index in [-0.39, 0.29) is 0 Å². The van der Waals surface area contributed by atoms with Crippen molar-refractivity contribution in [2.75, 3.05) is 31.1 Å². The lowest BCUT2D eigenvalue weighted by molar-refractivity contribution is 0.247. The standard InChI is InChI=1S/C18H21N5S/c1-13-18(21-17-6-4-3-5-16(17)19-13)23-9-7-22(8-10-23)11-15-12-24-14(2)20-15/h3-6,12H,7-11H2,1-2H3. The van der Waals surface area contributed by atoms with E-state index >= 15 is 0 Å². The Morgan fingerprint density at radius 3 is 2.33 bits per heavy atom. The topological polar surface area (TPSA) is 45.2 Å². The summed E-state index contributed by atoms with van der Waals surface area (Å²) in [6.07, 6.45) is 0. The molecule has 0 spiro atoms. The quantitative estimate of drug-likeness (QED) is 0.734. The van der Waals surface area contributed by atoms with Gasteiger partial charge in [-0.3, -0.25) is 4.90 Å². The summed E-state index contributed by atoms with van der Waals surface area (Å²) in [4.78, 5) is 19.0. The van der Waals surface area contributed by atoms with Crippen molar-refractivity contribution < 1.29 is 0 Å². The zero-order valence-corrected chi connectivity index (χ0v) is 14.9. The van der Waals surface area contributed by atoms with E-state index in [0.717, 1.165) is 60.3 Å². The maximum absolute atomic E-state index is 4.85. The summed E-state index contributed by atoms with van der Waals surface area (Å²) in [5, 5.41) is 3.31. The molecule has 3 aromatic rings. The van der Waals surface area contributed by atoms with Crippen molar-refractivity contribution in [3.05, 3.63) is 46.0 Å². The van der Waals surface area contributed by atoms with Gasteiger partial charge in [0.25, 0.3) is 0 Å². The number of para-hydroxylation sites is 2. The van der Waals surface area contributed by atoms with Crippen LogP contribution in [0.15, 0.2) is 29.6 Å². The van der Waals surface area contributed by atoms with Crippen molar-refractivity contribution >= 4 is 28.2 Å². The van der Waals surface area contributed by atoms with Crippen LogP contribution in [0.2, 0.25) is 0 Å². The maximum atomic E-state index is 4.85. The molecule has 1 saturated heterocycles. The first-order valence-electron chi connectivity index (χ1n) is 8.31. The van der Waals surface area contributed by atoms with Crippen LogP contribution in [0.25, 0.3) is 11.0 Å². The molecule has 0 saturated carbocycles. The smallest absolute Gasteiger partial charge is 0.150 e. The van der Waals surface area contributed by atoms with Crippen LogP contribution in [0.5, 0.6) is 0 Å². The average Bonchev–Trinajstić information content (AvgIpc) is 3.00. The molecule has 0 N–H and O–H groups in total. The monoisotopic (exact) mass is 339 g/mol. The lowest BCUT2D eigenvalue weighted by atomic mass is 10.2. The highest BCUT2D eigenvalue weighted by molar-refractivity contribution is 7.09. The first kappa shape index (κ1) is 15.5. The van der Waals surface area contributed by atoms with E-state index in [4.69, 9.17) is 9.97 Å². The van der Waals surface area contributed by atoms with Gasteiger partial charge in [0, 0.05) is 38.1 Å². The lowest BCUT2D eigenvalue weighted by Gasteiger charge is -2.35. The molecule has 4 rings (SSSR count). The third kappa shape index (κ3) is 3.12. The number of nitrogens with zero attached hydrogens (tertiary/aromatic N) is 5. The van der Waals surface area contributed by atoms with Crippen LogP contribution in [-0.2, 0) is 6.54 Å². The number of rotatable bonds is 3. The largest absolute Gasteiger partial charge is 0.353 e. The number of fused-ring (bicyclic) bond motifs is 1. The molecule has 0 bridgehead atoms. The fourth-order valence-corrected chi connectivity index (χ4v) is 3.81. The van der Waals surface area contributed by atoms with E-state index in [0.29, 0.717) is 0 Å². The van der Waals surface area contributed by atoms with Gasteiger partial charge in [0.15, 0.2) is 5.82 Å². The molecule has 24 heavy (non-hydrogen) atoms. The van der Waals surface area contributed by atoms with Crippen molar-refractivity contribution in [3.8, 4) is 0 Å². The van der Waals surface area contributed by atoms with Crippen LogP contribution in [0.1, 0.15) is 16.4 Å². The van der Waals surface area contributed by atoms with Gasteiger partial charge in [-0.15, -0.1) is 11.3 Å². The number of piperazine rings is 1. The van der Waals surface area contributed by atoms with E-state index in [9.17, 15) is 0 Å². The van der Waals surface area contributed by atoms with E-state index in [1.807, 2.05) is 24.3 Å². The summed E-state index contributed by atoms with van der Waals surface area (Å²) >= 11 is 1.73. The summed E-state index contributed by atoms with van der Waals surface area (Å²) in [5.74, 6) is 1.03. The van der Waals surface area contributed by atoms with E-state index in [1.54, 1.807) is 11.3 Å². The molecule has 0 atom stereocenters. The Balaban J connectivity index is 1.46. The number of hydrogen-bond donors (Lipinski definition) is 0. The summed E-state index contributed by atoms with van der Waals surface area (Å²) in [6.45, 7) is 9.09. The van der Waals surface area contributed by atoms with Gasteiger partial charge in [-0.25, -0.2) is 15.0 Å². The zero-order valence-electron chi connectivity index (χ0n) is 14.1. The summed E-state index contributed by atoms with van der Waals surface area (Å²) in [7, 11) is 0. The molecule has 1 aliphatic rings. The third-order valence-corrected chi connectivity index (χ3v) is 5.27. The molecule has 5 nitrogen and oxygen atoms in total. The summed E-state index contributed by atoms with van der Waals surface area (Å²) in [6, 6.07) is 8.08. The molecule has 0 amide bonds. The van der Waals surface area contributed by atoms with Gasteiger partial charge in [0.2, 0.25) is 0 Å². The Bertz CT molecular complexity index is 851. The lowest BCUT2D eigenvalue weighted by Crippen LogP contribution is -2.46. The SMILES string of the molecule is Cc1nc(CN2CCN(c3nc4ccccc4nc3C)CC2)cs1. The van der Waals surface area contributed by atoms with E-state index in [1.165, 1.54) is 5.69 Å². The predicted octanol–water partition coefficient (Wildman–Crippen LogP) is 3.03. The Morgan fingerprint density at radius 2 is 1.67 bits per heavy atom. The highest BCUT2D eigenvalue weighted by atomic mass is 32.1. The van der Waals surface area contributed by atoms with Gasteiger partial charge in [0.1, 0.15) is 0 Å². The first-order chi connectivity index (χ1) is 11.7. The maximum Gasteiger partial charge on any atom is 0.150 e. The number of anilines is 1. The minimum absolute atomic E-state index is 0.945. The molecular weight excluding hydrogens is 318 g/mol. The van der Waals surface area contributed by atoms with Gasteiger partial charge in [-0.05, 0) is 26.0 Å². The second-order valence-electron chi connectivity index (χ2n) is 6.24. The second kappa shape index (κ2) is 6.45. The first-order valence-corrected chi connectivity index (χ1v) is 9.19. The van der Waals surface area contributed by atoms with Crippen LogP contribution < -0.4 is 4.90 Å². The Hall–Kier alpha value is -2.05. The fourth-order valence-electron chi connectivity index (χ4n) is 3.21. The van der Waals surface area contributed by atoms with Gasteiger partial charge in [-0.1, -0.05) is 12.1 Å². The number of aryl methyl sites for hydroxylation is 2. The normalized spacial score (nSPS) is 16.0. The van der Waals surface area contributed by atoms with Gasteiger partial charge < -0.3 is 4.90 Å². The number of aromatic nitrogens is 3. The minimum atomic E-state index is 0.945. The van der Waals surface area contributed by atoms with Crippen LogP contribution in [0.3, 0.4) is 0 Å². The number of benzene rings is 1. The summed E-state index contributed by atoms with van der Waals surface area (Å²) < 4.78 is 0. The van der Waals surface area contributed by atoms with Crippen molar-refractivity contribution in [1.29, 1.82) is 0 Å². The molecule has 3 heterocycles. The summed E-state index contributed by atoms with van der Waals surface area (Å²) in [5.41, 5.74) is 4.14. The molecule has 2 aromatic heterocycles. The van der Waals surface area contributed by atoms with Crippen LogP contribution in [-0.4, -0.2) is 46.0 Å². The Morgan fingerprint density at radius 1 is 0.958 bits per heavy atom. The zero-order chi connectivity index (χ0) is 16.5. The Kier molecular flexibility index (Phi) is 4.16. The van der Waals surface area contributed by atoms with Crippen LogP contribution >= 0.6 is 11.3 Å². The Labute approximate surface area is 146 Å². The van der Waals surface area contributed by atoms with Gasteiger partial charge in [0.05, 0.1) is 27.4 Å². The number of thiazole rings is 1. The fraction of sp³-hybridized carbons (Fsp3) is 0.389. The highest BCUT2D eigenvalue weighted by Crippen LogP contribution is 2.21. The van der Waals surface area contributed by atoms with Gasteiger partial charge in [-0.2, -0.15) is 0 Å². The van der Waals surface area contributed by atoms with E-state index < -0.39 is 0 Å². The molecule has 1 aliphatic heterocycles. The van der Waals surface area contributed by atoms with Crippen molar-refractivity contribution in [1.82, 2.24) is 19.9 Å². The molecule has 0 radical (unpaired) electrons. The van der Waals surface area contributed by atoms with Crippen molar-refractivity contribution in [2.24, 2.45) is 0 Å². The van der Waals surface area contributed by atoms with E-state index in [2.05, 4.69) is 34.0 Å². The molecular formula is C18H21N5S. The van der Waals surface area contributed by atoms with Crippen molar-refractivity contribution in [2.45, 2.75) is 20.4 Å². The van der Waals surface area contributed by atoms with Crippen molar-refractivity contribution in [3.63, 3.8) is 0 Å². The molecule has 6 heteroatoms.